The van der Waals surface area contributed by atoms with Gasteiger partial charge in [-0.3, -0.25) is 15.0 Å². The van der Waals surface area contributed by atoms with Crippen molar-refractivity contribution in [1.29, 1.82) is 0 Å². The highest BCUT2D eigenvalue weighted by molar-refractivity contribution is 7.13. The van der Waals surface area contributed by atoms with E-state index in [9.17, 15) is 9.18 Å². The van der Waals surface area contributed by atoms with Gasteiger partial charge in [-0.1, -0.05) is 11.6 Å². The molecule has 1 amide bonds. The smallest absolute Gasteiger partial charge is 0.260 e. The minimum atomic E-state index is -0.655. The van der Waals surface area contributed by atoms with E-state index >= 15 is 0 Å². The number of anilines is 1. The Morgan fingerprint density at radius 1 is 1.44 bits per heavy atom. The first-order valence-corrected chi connectivity index (χ1v) is 9.25. The Balaban J connectivity index is 1.62. The Labute approximate surface area is 154 Å². The van der Waals surface area contributed by atoms with Crippen LogP contribution in [-0.2, 0) is 11.3 Å². The number of benzene rings is 1. The van der Waals surface area contributed by atoms with E-state index in [-0.39, 0.29) is 22.8 Å². The maximum atomic E-state index is 13.8. The van der Waals surface area contributed by atoms with Crippen LogP contribution in [0.4, 0.5) is 9.52 Å². The van der Waals surface area contributed by atoms with Gasteiger partial charge in [0.05, 0.1) is 23.5 Å². The summed E-state index contributed by atoms with van der Waals surface area (Å²) < 4.78 is 19.5. The topological polar surface area (TPSA) is 54.5 Å². The molecule has 2 aromatic rings. The third-order valence-electron chi connectivity index (χ3n) is 3.83. The zero-order chi connectivity index (χ0) is 18.0. The molecular weight excluding hydrogens is 365 g/mol. The average molecular weight is 384 g/mol. The van der Waals surface area contributed by atoms with E-state index < -0.39 is 11.7 Å². The molecule has 1 aromatic carbocycles. The summed E-state index contributed by atoms with van der Waals surface area (Å²) in [6, 6.07) is 3.95. The molecule has 1 fully saturated rings. The lowest BCUT2D eigenvalue weighted by Gasteiger charge is -2.34. The van der Waals surface area contributed by atoms with Crippen molar-refractivity contribution in [3.05, 3.63) is 45.7 Å². The van der Waals surface area contributed by atoms with Gasteiger partial charge in [-0.05, 0) is 32.0 Å². The number of carbonyl (C=O) groups is 1. The zero-order valence-corrected chi connectivity index (χ0v) is 15.5. The van der Waals surface area contributed by atoms with Gasteiger partial charge in [0.1, 0.15) is 5.82 Å². The quantitative estimate of drug-likeness (QED) is 0.872. The number of hydrogen-bond acceptors (Lipinski definition) is 5. The number of thiazole rings is 1. The highest BCUT2D eigenvalue weighted by Gasteiger charge is 2.23. The summed E-state index contributed by atoms with van der Waals surface area (Å²) in [5.41, 5.74) is 0.815. The second kappa shape index (κ2) is 7.78. The molecule has 0 bridgehead atoms. The Morgan fingerprint density at radius 3 is 2.84 bits per heavy atom. The molecular formula is C17H19ClFN3O2S. The Kier molecular flexibility index (Phi) is 5.68. The summed E-state index contributed by atoms with van der Waals surface area (Å²) in [5, 5.41) is 5.23. The van der Waals surface area contributed by atoms with Gasteiger partial charge >= 0.3 is 0 Å². The third kappa shape index (κ3) is 4.76. The SMILES string of the molecule is CC1CN(Cc2csc(NC(=O)c3ccc(Cl)cc3F)n2)CC(C)O1. The Hall–Kier alpha value is -1.54. The summed E-state index contributed by atoms with van der Waals surface area (Å²) >= 11 is 7.02. The molecule has 2 unspecified atom stereocenters. The van der Waals surface area contributed by atoms with Crippen molar-refractivity contribution in [1.82, 2.24) is 9.88 Å². The van der Waals surface area contributed by atoms with Crippen LogP contribution in [0, 0.1) is 5.82 Å². The monoisotopic (exact) mass is 383 g/mol. The molecule has 2 atom stereocenters. The first-order valence-electron chi connectivity index (χ1n) is 7.99. The summed E-state index contributed by atoms with van der Waals surface area (Å²) in [4.78, 5) is 18.9. The molecule has 25 heavy (non-hydrogen) atoms. The van der Waals surface area contributed by atoms with E-state index in [1.165, 1.54) is 23.5 Å². The van der Waals surface area contributed by atoms with E-state index in [2.05, 4.69) is 29.0 Å². The largest absolute Gasteiger partial charge is 0.373 e. The Bertz CT molecular complexity index is 760. The Morgan fingerprint density at radius 2 is 2.16 bits per heavy atom. The minimum absolute atomic E-state index is 0.0584. The number of morpholine rings is 1. The van der Waals surface area contributed by atoms with E-state index in [4.69, 9.17) is 16.3 Å². The first kappa shape index (κ1) is 18.3. The van der Waals surface area contributed by atoms with Crippen molar-refractivity contribution in [3.8, 4) is 0 Å². The van der Waals surface area contributed by atoms with Crippen molar-refractivity contribution in [3.63, 3.8) is 0 Å². The maximum absolute atomic E-state index is 13.8. The summed E-state index contributed by atoms with van der Waals surface area (Å²) in [6.45, 7) is 6.49. The highest BCUT2D eigenvalue weighted by atomic mass is 35.5. The van der Waals surface area contributed by atoms with E-state index in [1.807, 2.05) is 5.38 Å². The number of rotatable bonds is 4. The van der Waals surface area contributed by atoms with Gasteiger partial charge in [-0.25, -0.2) is 9.37 Å². The normalized spacial score (nSPS) is 21.3. The predicted molar refractivity (Wildman–Crippen MR) is 96.8 cm³/mol. The number of nitrogens with zero attached hydrogens (tertiary/aromatic N) is 2. The molecule has 0 radical (unpaired) electrons. The van der Waals surface area contributed by atoms with Crippen LogP contribution < -0.4 is 5.32 Å². The van der Waals surface area contributed by atoms with E-state index in [0.29, 0.717) is 11.7 Å². The summed E-state index contributed by atoms with van der Waals surface area (Å²) in [6.07, 6.45) is 0.379. The lowest BCUT2D eigenvalue weighted by atomic mass is 10.2. The second-order valence-electron chi connectivity index (χ2n) is 6.17. The van der Waals surface area contributed by atoms with Crippen molar-refractivity contribution in [2.24, 2.45) is 0 Å². The lowest BCUT2D eigenvalue weighted by Crippen LogP contribution is -2.44. The highest BCUT2D eigenvalue weighted by Crippen LogP contribution is 2.21. The molecule has 1 N–H and O–H groups in total. The van der Waals surface area contributed by atoms with Gasteiger partial charge < -0.3 is 4.74 Å². The van der Waals surface area contributed by atoms with Crippen LogP contribution in [0.15, 0.2) is 23.6 Å². The zero-order valence-electron chi connectivity index (χ0n) is 14.0. The van der Waals surface area contributed by atoms with Crippen LogP contribution >= 0.6 is 22.9 Å². The van der Waals surface area contributed by atoms with Gasteiger partial charge in [-0.15, -0.1) is 11.3 Å². The molecule has 8 heteroatoms. The lowest BCUT2D eigenvalue weighted by molar-refractivity contribution is -0.0707. The number of aromatic nitrogens is 1. The number of ether oxygens (including phenoxy) is 1. The van der Waals surface area contributed by atoms with Gasteiger partial charge in [0.15, 0.2) is 5.13 Å². The van der Waals surface area contributed by atoms with Gasteiger partial charge in [0, 0.05) is 30.0 Å². The van der Waals surface area contributed by atoms with Crippen LogP contribution in [0.25, 0.3) is 0 Å². The molecule has 0 saturated carbocycles. The second-order valence-corrected chi connectivity index (χ2v) is 7.47. The molecule has 0 aliphatic carbocycles. The van der Waals surface area contributed by atoms with Gasteiger partial charge in [0.2, 0.25) is 0 Å². The maximum Gasteiger partial charge on any atom is 0.260 e. The number of amides is 1. The molecule has 3 rings (SSSR count). The standard InChI is InChI=1S/C17H19ClFN3O2S/c1-10-6-22(7-11(2)24-10)8-13-9-25-17(20-13)21-16(23)14-4-3-12(18)5-15(14)19/h3-5,9-11H,6-8H2,1-2H3,(H,20,21,23). The van der Waals surface area contributed by atoms with Crippen molar-refractivity contribution < 1.29 is 13.9 Å². The molecule has 1 aliphatic rings. The van der Waals surface area contributed by atoms with Crippen LogP contribution in [0.1, 0.15) is 29.9 Å². The molecule has 1 aromatic heterocycles. The average Bonchev–Trinajstić information content (AvgIpc) is 2.92. The van der Waals surface area contributed by atoms with Crippen LogP contribution in [0.5, 0.6) is 0 Å². The predicted octanol–water partition coefficient (Wildman–Crippen LogP) is 3.80. The fraction of sp³-hybridized carbons (Fsp3) is 0.412. The molecule has 1 saturated heterocycles. The number of halogens is 2. The fourth-order valence-electron chi connectivity index (χ4n) is 2.92. The minimum Gasteiger partial charge on any atom is -0.373 e. The molecule has 1 aliphatic heterocycles. The molecule has 5 nitrogen and oxygen atoms in total. The molecule has 2 heterocycles. The van der Waals surface area contributed by atoms with E-state index in [1.54, 1.807) is 0 Å². The summed E-state index contributed by atoms with van der Waals surface area (Å²) in [7, 11) is 0. The van der Waals surface area contributed by atoms with Crippen LogP contribution in [-0.4, -0.2) is 41.1 Å². The fourth-order valence-corrected chi connectivity index (χ4v) is 3.77. The van der Waals surface area contributed by atoms with E-state index in [0.717, 1.165) is 24.8 Å². The van der Waals surface area contributed by atoms with Gasteiger partial charge in [-0.2, -0.15) is 0 Å². The number of carbonyl (C=O) groups excluding carboxylic acids is 1. The van der Waals surface area contributed by atoms with Crippen LogP contribution in [0.2, 0.25) is 5.02 Å². The third-order valence-corrected chi connectivity index (χ3v) is 4.87. The van der Waals surface area contributed by atoms with Crippen molar-refractivity contribution >= 4 is 34.0 Å². The number of hydrogen-bond donors (Lipinski definition) is 1. The van der Waals surface area contributed by atoms with Crippen LogP contribution in [0.3, 0.4) is 0 Å². The van der Waals surface area contributed by atoms with Crippen molar-refractivity contribution in [2.45, 2.75) is 32.6 Å². The number of nitrogens with one attached hydrogen (secondary N) is 1. The van der Waals surface area contributed by atoms with Crippen molar-refractivity contribution in [2.75, 3.05) is 18.4 Å². The molecule has 134 valence electrons. The van der Waals surface area contributed by atoms with Gasteiger partial charge in [0.25, 0.3) is 5.91 Å². The first-order chi connectivity index (χ1) is 11.9. The molecule has 0 spiro atoms. The summed E-state index contributed by atoms with van der Waals surface area (Å²) in [5.74, 6) is -1.19.